The van der Waals surface area contributed by atoms with Crippen LogP contribution in [-0.4, -0.2) is 0 Å². The molecule has 0 aliphatic carbocycles. The van der Waals surface area contributed by atoms with Gasteiger partial charge in [0.1, 0.15) is 5.58 Å². The van der Waals surface area contributed by atoms with Crippen molar-refractivity contribution in [3.8, 4) is 0 Å². The fraction of sp³-hybridized carbons (Fsp3) is 0.471. The van der Waals surface area contributed by atoms with Crippen molar-refractivity contribution in [2.24, 2.45) is 0 Å². The normalized spacial score (nSPS) is 11.1. The molecular weight excluding hydrogens is 250 g/mol. The number of nitrogens with two attached hydrogens (primary N) is 1. The van der Waals surface area contributed by atoms with Crippen LogP contribution in [0.4, 0.5) is 5.69 Å². The summed E-state index contributed by atoms with van der Waals surface area (Å²) in [5, 5.41) is 0.971. The second-order valence-corrected chi connectivity index (χ2v) is 5.36. The van der Waals surface area contributed by atoms with E-state index >= 15 is 0 Å². The molecule has 0 aliphatic heterocycles. The number of fused-ring (bicyclic) bond motifs is 1. The number of hydrogen-bond donors (Lipinski definition) is 1. The van der Waals surface area contributed by atoms with E-state index in [4.69, 9.17) is 10.2 Å². The van der Waals surface area contributed by atoms with E-state index in [9.17, 15) is 4.79 Å². The molecule has 2 aromatic rings. The molecule has 2 rings (SSSR count). The molecule has 3 heteroatoms. The first-order valence-corrected chi connectivity index (χ1v) is 7.53. The SMILES string of the molecule is CCCCCCCCc1cc(=O)oc2ccc(N)cc12. The second-order valence-electron chi connectivity index (χ2n) is 5.36. The largest absolute Gasteiger partial charge is 0.423 e. The van der Waals surface area contributed by atoms with E-state index in [1.807, 2.05) is 6.07 Å². The number of hydrogen-bond acceptors (Lipinski definition) is 3. The van der Waals surface area contributed by atoms with E-state index in [-0.39, 0.29) is 5.63 Å². The highest BCUT2D eigenvalue weighted by Gasteiger charge is 2.06. The van der Waals surface area contributed by atoms with Crippen LogP contribution in [0.15, 0.2) is 33.5 Å². The predicted octanol–water partition coefficient (Wildman–Crippen LogP) is 4.28. The van der Waals surface area contributed by atoms with E-state index in [2.05, 4.69) is 6.92 Å². The molecule has 0 saturated carbocycles. The summed E-state index contributed by atoms with van der Waals surface area (Å²) in [6.45, 7) is 2.22. The predicted molar refractivity (Wildman–Crippen MR) is 84.0 cm³/mol. The van der Waals surface area contributed by atoms with E-state index < -0.39 is 0 Å². The van der Waals surface area contributed by atoms with Gasteiger partial charge in [-0.25, -0.2) is 4.79 Å². The van der Waals surface area contributed by atoms with E-state index in [0.29, 0.717) is 11.3 Å². The molecule has 0 aliphatic rings. The maximum atomic E-state index is 11.6. The summed E-state index contributed by atoms with van der Waals surface area (Å²) in [4.78, 5) is 11.6. The Labute approximate surface area is 119 Å². The fourth-order valence-corrected chi connectivity index (χ4v) is 2.55. The van der Waals surface area contributed by atoms with E-state index in [0.717, 1.165) is 23.8 Å². The van der Waals surface area contributed by atoms with Crippen LogP contribution in [0, 0.1) is 0 Å². The van der Waals surface area contributed by atoms with Gasteiger partial charge in [0, 0.05) is 17.1 Å². The Morgan fingerprint density at radius 3 is 2.60 bits per heavy atom. The smallest absolute Gasteiger partial charge is 0.336 e. The second kappa shape index (κ2) is 7.13. The van der Waals surface area contributed by atoms with Gasteiger partial charge in [-0.15, -0.1) is 0 Å². The van der Waals surface area contributed by atoms with Crippen molar-refractivity contribution in [1.29, 1.82) is 0 Å². The molecule has 1 heterocycles. The van der Waals surface area contributed by atoms with Gasteiger partial charge >= 0.3 is 5.63 Å². The molecule has 0 unspecified atom stereocenters. The number of anilines is 1. The van der Waals surface area contributed by atoms with Gasteiger partial charge in [-0.05, 0) is 36.6 Å². The average Bonchev–Trinajstić information content (AvgIpc) is 2.43. The van der Waals surface area contributed by atoms with Crippen molar-refractivity contribution >= 4 is 16.7 Å². The quantitative estimate of drug-likeness (QED) is 0.465. The van der Waals surface area contributed by atoms with Crippen LogP contribution in [0.25, 0.3) is 11.0 Å². The highest BCUT2D eigenvalue weighted by atomic mass is 16.4. The molecule has 108 valence electrons. The summed E-state index contributed by atoms with van der Waals surface area (Å²) in [6.07, 6.45) is 8.40. The molecule has 0 spiro atoms. The van der Waals surface area contributed by atoms with E-state index in [1.165, 1.54) is 32.1 Å². The minimum Gasteiger partial charge on any atom is -0.423 e. The summed E-state index contributed by atoms with van der Waals surface area (Å²) in [5.41, 5.74) is 7.94. The topological polar surface area (TPSA) is 56.2 Å². The molecule has 1 aromatic heterocycles. The number of benzene rings is 1. The Balaban J connectivity index is 2.05. The highest BCUT2D eigenvalue weighted by Crippen LogP contribution is 2.21. The number of aryl methyl sites for hydroxylation is 1. The van der Waals surface area contributed by atoms with E-state index in [1.54, 1.807) is 18.2 Å². The molecule has 0 atom stereocenters. The first-order valence-electron chi connectivity index (χ1n) is 7.53. The Morgan fingerprint density at radius 1 is 1.05 bits per heavy atom. The lowest BCUT2D eigenvalue weighted by Crippen LogP contribution is -2.01. The lowest BCUT2D eigenvalue weighted by Gasteiger charge is -2.06. The number of nitrogen functional groups attached to an aromatic ring is 1. The van der Waals surface area contributed by atoms with Gasteiger partial charge in [-0.1, -0.05) is 39.0 Å². The van der Waals surface area contributed by atoms with Gasteiger partial charge in [0.15, 0.2) is 0 Å². The lowest BCUT2D eigenvalue weighted by atomic mass is 10.0. The summed E-state index contributed by atoms with van der Waals surface area (Å²) >= 11 is 0. The van der Waals surface area contributed by atoms with Crippen molar-refractivity contribution < 1.29 is 4.42 Å². The van der Waals surface area contributed by atoms with Crippen molar-refractivity contribution in [3.63, 3.8) is 0 Å². The molecule has 1 aromatic carbocycles. The Hall–Kier alpha value is -1.77. The van der Waals surface area contributed by atoms with Crippen molar-refractivity contribution in [2.75, 3.05) is 5.73 Å². The zero-order chi connectivity index (χ0) is 14.4. The van der Waals surface area contributed by atoms with Crippen LogP contribution in [0.2, 0.25) is 0 Å². The van der Waals surface area contributed by atoms with Crippen molar-refractivity contribution in [2.45, 2.75) is 51.9 Å². The summed E-state index contributed by atoms with van der Waals surface area (Å²) in [7, 11) is 0. The third-order valence-electron chi connectivity index (χ3n) is 3.65. The molecule has 0 saturated heterocycles. The summed E-state index contributed by atoms with van der Waals surface area (Å²) in [6, 6.07) is 7.04. The molecule has 2 N–H and O–H groups in total. The zero-order valence-electron chi connectivity index (χ0n) is 12.2. The van der Waals surface area contributed by atoms with Crippen LogP contribution in [0.5, 0.6) is 0 Å². The lowest BCUT2D eigenvalue weighted by molar-refractivity contribution is 0.556. The molecule has 20 heavy (non-hydrogen) atoms. The minimum atomic E-state index is -0.275. The van der Waals surface area contributed by atoms with Crippen LogP contribution in [0.3, 0.4) is 0 Å². The molecule has 0 bridgehead atoms. The monoisotopic (exact) mass is 273 g/mol. The van der Waals surface area contributed by atoms with Gasteiger partial charge in [-0.2, -0.15) is 0 Å². The number of unbranched alkanes of at least 4 members (excludes halogenated alkanes) is 5. The maximum absolute atomic E-state index is 11.6. The fourth-order valence-electron chi connectivity index (χ4n) is 2.55. The van der Waals surface area contributed by atoms with Crippen LogP contribution in [-0.2, 0) is 6.42 Å². The van der Waals surface area contributed by atoms with Gasteiger partial charge in [-0.3, -0.25) is 0 Å². The Morgan fingerprint density at radius 2 is 1.80 bits per heavy atom. The van der Waals surface area contributed by atoms with Gasteiger partial charge in [0.25, 0.3) is 0 Å². The number of rotatable bonds is 7. The zero-order valence-corrected chi connectivity index (χ0v) is 12.2. The minimum absolute atomic E-state index is 0.275. The van der Waals surface area contributed by atoms with Gasteiger partial charge in [0.05, 0.1) is 0 Å². The first-order chi connectivity index (χ1) is 9.70. The van der Waals surface area contributed by atoms with Crippen LogP contribution in [0.1, 0.15) is 51.0 Å². The molecule has 0 amide bonds. The highest BCUT2D eigenvalue weighted by molar-refractivity contribution is 5.83. The Bertz CT molecular complexity index is 616. The third kappa shape index (κ3) is 3.86. The molecule has 0 radical (unpaired) electrons. The Kier molecular flexibility index (Phi) is 5.22. The van der Waals surface area contributed by atoms with Crippen LogP contribution < -0.4 is 11.4 Å². The summed E-state index contributed by atoms with van der Waals surface area (Å²) < 4.78 is 5.21. The van der Waals surface area contributed by atoms with Crippen LogP contribution >= 0.6 is 0 Å². The molecular formula is C17H23NO2. The third-order valence-corrected chi connectivity index (χ3v) is 3.65. The van der Waals surface area contributed by atoms with Crippen molar-refractivity contribution in [3.05, 3.63) is 40.2 Å². The molecule has 3 nitrogen and oxygen atoms in total. The average molecular weight is 273 g/mol. The van der Waals surface area contributed by atoms with Gasteiger partial charge in [0.2, 0.25) is 0 Å². The van der Waals surface area contributed by atoms with Crippen molar-refractivity contribution in [1.82, 2.24) is 0 Å². The van der Waals surface area contributed by atoms with Gasteiger partial charge < -0.3 is 10.2 Å². The maximum Gasteiger partial charge on any atom is 0.336 e. The standard InChI is InChI=1S/C17H23NO2/c1-2-3-4-5-6-7-8-13-11-17(19)20-16-10-9-14(18)12-15(13)16/h9-12H,2-8,18H2,1H3. The summed E-state index contributed by atoms with van der Waals surface area (Å²) in [5.74, 6) is 0. The molecule has 0 fully saturated rings. The first kappa shape index (κ1) is 14.6.